The van der Waals surface area contributed by atoms with Crippen LogP contribution in [0.5, 0.6) is 5.75 Å². The molecule has 1 aliphatic heterocycles. The molecule has 1 N–H and O–H groups in total. The van der Waals surface area contributed by atoms with Crippen molar-refractivity contribution >= 4 is 17.6 Å². The fourth-order valence-corrected chi connectivity index (χ4v) is 4.83. The second kappa shape index (κ2) is 12.1. The number of nitrogens with zero attached hydrogens (tertiary/aromatic N) is 8. The summed E-state index contributed by atoms with van der Waals surface area (Å²) in [7, 11) is 0. The molecule has 11 nitrogen and oxygen atoms in total. The Morgan fingerprint density at radius 2 is 1.67 bits per heavy atom. The molecule has 43 heavy (non-hydrogen) atoms. The van der Waals surface area contributed by atoms with E-state index >= 15 is 0 Å². The lowest BCUT2D eigenvalue weighted by Crippen LogP contribution is -2.49. The second-order valence-electron chi connectivity index (χ2n) is 9.91. The van der Waals surface area contributed by atoms with Crippen molar-refractivity contribution in [2.75, 3.05) is 44.2 Å². The number of pyridine rings is 1. The molecule has 0 atom stereocenters. The van der Waals surface area contributed by atoms with E-state index < -0.39 is 17.6 Å². The third-order valence-corrected chi connectivity index (χ3v) is 7.21. The van der Waals surface area contributed by atoms with Crippen molar-refractivity contribution in [1.29, 1.82) is 0 Å². The van der Waals surface area contributed by atoms with Crippen LogP contribution in [0.3, 0.4) is 0 Å². The Morgan fingerprint density at radius 1 is 0.930 bits per heavy atom. The van der Waals surface area contributed by atoms with Crippen molar-refractivity contribution in [1.82, 2.24) is 34.8 Å². The molecule has 2 amide bonds. The molecule has 14 heteroatoms. The number of benzene rings is 1. The topological polar surface area (TPSA) is 121 Å². The molecule has 0 unspecified atom stereocenters. The van der Waals surface area contributed by atoms with Gasteiger partial charge in [-0.2, -0.15) is 18.3 Å². The van der Waals surface area contributed by atoms with E-state index in [0.29, 0.717) is 43.1 Å². The van der Waals surface area contributed by atoms with Crippen LogP contribution < -0.4 is 4.90 Å². The Bertz CT molecular complexity index is 1610. The van der Waals surface area contributed by atoms with Crippen molar-refractivity contribution in [2.24, 2.45) is 0 Å². The molecule has 224 valence electrons. The van der Waals surface area contributed by atoms with E-state index in [1.165, 1.54) is 46.5 Å². The molecule has 4 aromatic rings. The lowest BCUT2D eigenvalue weighted by Gasteiger charge is -2.35. The first-order chi connectivity index (χ1) is 20.6. The largest absolute Gasteiger partial charge is 0.506 e. The number of aromatic nitrogens is 5. The summed E-state index contributed by atoms with van der Waals surface area (Å²) in [5.74, 6) is -0.266. The van der Waals surface area contributed by atoms with Gasteiger partial charge in [0.05, 0.1) is 23.6 Å². The number of alkyl halides is 3. The Labute approximate surface area is 245 Å². The molecular formula is C29H29F3N8O3. The lowest BCUT2D eigenvalue weighted by molar-refractivity contribution is -0.137. The Kier molecular flexibility index (Phi) is 8.28. The van der Waals surface area contributed by atoms with E-state index in [1.54, 1.807) is 17.0 Å². The fourth-order valence-electron chi connectivity index (χ4n) is 4.83. The number of amides is 2. The number of hydrogen-bond donors (Lipinski definition) is 1. The number of halogens is 3. The lowest BCUT2D eigenvalue weighted by atomic mass is 10.1. The number of carbonyl (C=O) groups is 2. The van der Waals surface area contributed by atoms with E-state index in [2.05, 4.69) is 20.3 Å². The van der Waals surface area contributed by atoms with Crippen LogP contribution in [0.4, 0.5) is 19.0 Å². The van der Waals surface area contributed by atoms with Crippen LogP contribution in [0.2, 0.25) is 0 Å². The van der Waals surface area contributed by atoms with Crippen molar-refractivity contribution in [3.05, 3.63) is 78.0 Å². The molecule has 1 fully saturated rings. The zero-order chi connectivity index (χ0) is 30.7. The average molecular weight is 595 g/mol. The minimum atomic E-state index is -4.69. The maximum Gasteiger partial charge on any atom is 0.416 e. The summed E-state index contributed by atoms with van der Waals surface area (Å²) in [6, 6.07) is 7.92. The van der Waals surface area contributed by atoms with E-state index in [-0.39, 0.29) is 41.7 Å². The van der Waals surface area contributed by atoms with Gasteiger partial charge >= 0.3 is 6.18 Å². The van der Waals surface area contributed by atoms with Crippen molar-refractivity contribution < 1.29 is 27.9 Å². The van der Waals surface area contributed by atoms with Gasteiger partial charge in [0.2, 0.25) is 0 Å². The van der Waals surface area contributed by atoms with E-state index in [1.807, 2.05) is 18.7 Å². The van der Waals surface area contributed by atoms with Crippen LogP contribution in [-0.2, 0) is 6.18 Å². The summed E-state index contributed by atoms with van der Waals surface area (Å²) in [6.07, 6.45) is 1.01. The summed E-state index contributed by atoms with van der Waals surface area (Å²) in [5, 5.41) is 22.2. The van der Waals surface area contributed by atoms with Gasteiger partial charge in [0.15, 0.2) is 11.5 Å². The first-order valence-electron chi connectivity index (χ1n) is 13.7. The van der Waals surface area contributed by atoms with Crippen molar-refractivity contribution in [3.63, 3.8) is 0 Å². The standard InChI is InChI=1S/C29H29F3N8O3/c1-3-37(4-2)28(43)25-5-6-26(36-35-25)38-7-9-39(10-8-38)27(42)19-11-22(29(30,31)32)14-23(12-19)40-18-21(16-34-40)20-13-24(41)17-33-15-20/h5-6,11-18,41H,3-4,7-10H2,1-2H3. The van der Waals surface area contributed by atoms with Crippen LogP contribution >= 0.6 is 0 Å². The zero-order valence-electron chi connectivity index (χ0n) is 23.5. The molecule has 1 aromatic carbocycles. The number of anilines is 1. The summed E-state index contributed by atoms with van der Waals surface area (Å²) in [4.78, 5) is 34.9. The molecule has 1 aliphatic rings. The van der Waals surface area contributed by atoms with E-state index in [9.17, 15) is 27.9 Å². The molecule has 0 radical (unpaired) electrons. The van der Waals surface area contributed by atoms with Gasteiger partial charge in [0, 0.05) is 68.4 Å². The summed E-state index contributed by atoms with van der Waals surface area (Å²) >= 11 is 0. The average Bonchev–Trinajstić information content (AvgIpc) is 3.52. The minimum Gasteiger partial charge on any atom is -0.506 e. The highest BCUT2D eigenvalue weighted by Crippen LogP contribution is 2.32. The quantitative estimate of drug-likeness (QED) is 0.342. The predicted octanol–water partition coefficient (Wildman–Crippen LogP) is 3.89. The van der Waals surface area contributed by atoms with Crippen LogP contribution in [0, 0.1) is 0 Å². The highest BCUT2D eigenvalue weighted by Gasteiger charge is 2.33. The van der Waals surface area contributed by atoms with Gasteiger partial charge in [-0.3, -0.25) is 14.6 Å². The smallest absolute Gasteiger partial charge is 0.416 e. The molecule has 0 spiro atoms. The molecule has 3 aromatic heterocycles. The van der Waals surface area contributed by atoms with Gasteiger partial charge in [-0.1, -0.05) is 0 Å². The van der Waals surface area contributed by atoms with E-state index in [4.69, 9.17) is 0 Å². The minimum absolute atomic E-state index is 0.0609. The van der Waals surface area contributed by atoms with Crippen LogP contribution in [0.1, 0.15) is 40.3 Å². The van der Waals surface area contributed by atoms with Gasteiger partial charge in [0.1, 0.15) is 5.75 Å². The number of aromatic hydroxyl groups is 1. The first-order valence-corrected chi connectivity index (χ1v) is 13.7. The molecule has 1 saturated heterocycles. The molecular weight excluding hydrogens is 565 g/mol. The van der Waals surface area contributed by atoms with Gasteiger partial charge in [-0.15, -0.1) is 10.2 Å². The van der Waals surface area contributed by atoms with Gasteiger partial charge in [0.25, 0.3) is 11.8 Å². The summed E-state index contributed by atoms with van der Waals surface area (Å²) in [6.45, 7) is 6.16. The van der Waals surface area contributed by atoms with Gasteiger partial charge in [-0.25, -0.2) is 4.68 Å². The molecule has 0 bridgehead atoms. The Morgan fingerprint density at radius 3 is 2.30 bits per heavy atom. The maximum absolute atomic E-state index is 13.9. The molecule has 5 rings (SSSR count). The number of piperazine rings is 1. The third-order valence-electron chi connectivity index (χ3n) is 7.21. The SMILES string of the molecule is CCN(CC)C(=O)c1ccc(N2CCN(C(=O)c3cc(-n4cc(-c5cncc(O)c5)cn4)cc(C(F)(F)F)c3)CC2)nn1. The fraction of sp³-hybridized carbons (Fsp3) is 0.310. The van der Waals surface area contributed by atoms with Gasteiger partial charge in [-0.05, 0) is 50.2 Å². The Hall–Kier alpha value is -5.01. The van der Waals surface area contributed by atoms with E-state index in [0.717, 1.165) is 12.1 Å². The van der Waals surface area contributed by atoms with Crippen LogP contribution in [-0.4, -0.2) is 91.0 Å². The zero-order valence-corrected chi connectivity index (χ0v) is 23.5. The summed E-state index contributed by atoms with van der Waals surface area (Å²) in [5.41, 5.74) is 0.266. The van der Waals surface area contributed by atoms with Crippen molar-refractivity contribution in [3.8, 4) is 22.6 Å². The maximum atomic E-state index is 13.9. The number of rotatable bonds is 7. The molecule has 4 heterocycles. The van der Waals surface area contributed by atoms with Gasteiger partial charge < -0.3 is 19.8 Å². The van der Waals surface area contributed by atoms with Crippen LogP contribution in [0.15, 0.2) is 61.2 Å². The molecule has 0 aliphatic carbocycles. The molecule has 0 saturated carbocycles. The highest BCUT2D eigenvalue weighted by molar-refractivity contribution is 5.95. The predicted molar refractivity (Wildman–Crippen MR) is 151 cm³/mol. The summed E-state index contributed by atoms with van der Waals surface area (Å²) < 4.78 is 42.8. The number of carbonyl (C=O) groups excluding carboxylic acids is 2. The number of hydrogen-bond acceptors (Lipinski definition) is 8. The normalized spacial score (nSPS) is 13.7. The highest BCUT2D eigenvalue weighted by atomic mass is 19.4. The van der Waals surface area contributed by atoms with Crippen LogP contribution in [0.25, 0.3) is 16.8 Å². The van der Waals surface area contributed by atoms with Crippen molar-refractivity contribution in [2.45, 2.75) is 20.0 Å². The Balaban J connectivity index is 1.32. The second-order valence-corrected chi connectivity index (χ2v) is 9.91. The monoisotopic (exact) mass is 594 g/mol. The third kappa shape index (κ3) is 6.42. The first kappa shape index (κ1) is 29.5.